The molecule has 1 aromatic carbocycles. The van der Waals surface area contributed by atoms with Gasteiger partial charge in [0.15, 0.2) is 5.76 Å². The molecule has 7 heteroatoms. The van der Waals surface area contributed by atoms with Crippen molar-refractivity contribution in [2.75, 3.05) is 4.90 Å². The van der Waals surface area contributed by atoms with Gasteiger partial charge in [-0.2, -0.15) is 0 Å². The lowest BCUT2D eigenvalue weighted by molar-refractivity contribution is -0.118. The van der Waals surface area contributed by atoms with Crippen LogP contribution in [0.5, 0.6) is 0 Å². The third kappa shape index (κ3) is 2.95. The molecular formula is C18H17N3O3S. The zero-order chi connectivity index (χ0) is 17.4. The van der Waals surface area contributed by atoms with Crippen molar-refractivity contribution in [2.24, 2.45) is 0 Å². The summed E-state index contributed by atoms with van der Waals surface area (Å²) in [6.45, 7) is 3.93. The van der Waals surface area contributed by atoms with Crippen LogP contribution in [0.15, 0.2) is 56.7 Å². The van der Waals surface area contributed by atoms with E-state index in [-0.39, 0.29) is 17.2 Å². The fourth-order valence-electron chi connectivity index (χ4n) is 3.06. The van der Waals surface area contributed by atoms with Crippen LogP contribution in [-0.2, 0) is 11.2 Å². The molecule has 1 aliphatic rings. The van der Waals surface area contributed by atoms with Crippen LogP contribution in [0.2, 0.25) is 0 Å². The standard InChI is InChI=1S/C18H17N3O3S/c1-11-10-13-6-3-4-7-14(13)21(11)17(22)12(2)25-18-20-19-16(24-18)15-8-5-9-23-15/h3-9,11-12H,10H2,1-2H3/t11-,12-/m0/s1. The van der Waals surface area contributed by atoms with E-state index in [4.69, 9.17) is 8.83 Å². The van der Waals surface area contributed by atoms with Gasteiger partial charge >= 0.3 is 0 Å². The van der Waals surface area contributed by atoms with Gasteiger partial charge in [-0.3, -0.25) is 4.79 Å². The highest BCUT2D eigenvalue weighted by atomic mass is 32.2. The summed E-state index contributed by atoms with van der Waals surface area (Å²) >= 11 is 1.26. The third-order valence-corrected chi connectivity index (χ3v) is 5.13. The minimum atomic E-state index is -0.335. The maximum Gasteiger partial charge on any atom is 0.284 e. The van der Waals surface area contributed by atoms with E-state index < -0.39 is 0 Å². The largest absolute Gasteiger partial charge is 0.459 e. The average Bonchev–Trinajstić information content (AvgIpc) is 3.32. The molecule has 0 radical (unpaired) electrons. The van der Waals surface area contributed by atoms with E-state index in [9.17, 15) is 4.79 Å². The van der Waals surface area contributed by atoms with Crippen molar-refractivity contribution in [2.45, 2.75) is 36.8 Å². The SMILES string of the molecule is C[C@H](Sc1nnc(-c2ccco2)o1)C(=O)N1c2ccccc2C[C@@H]1C. The van der Waals surface area contributed by atoms with Crippen molar-refractivity contribution in [3.63, 3.8) is 0 Å². The molecule has 6 nitrogen and oxygen atoms in total. The van der Waals surface area contributed by atoms with Crippen molar-refractivity contribution >= 4 is 23.4 Å². The molecule has 3 heterocycles. The zero-order valence-corrected chi connectivity index (χ0v) is 14.7. The Morgan fingerprint density at radius 2 is 2.12 bits per heavy atom. The molecule has 0 bridgehead atoms. The summed E-state index contributed by atoms with van der Waals surface area (Å²) in [5, 5.41) is 7.98. The number of rotatable bonds is 4. The number of amides is 1. The number of hydrogen-bond donors (Lipinski definition) is 0. The van der Waals surface area contributed by atoms with Gasteiger partial charge in [-0.25, -0.2) is 0 Å². The van der Waals surface area contributed by atoms with Gasteiger partial charge < -0.3 is 13.7 Å². The average molecular weight is 355 g/mol. The number of carbonyl (C=O) groups excluding carboxylic acids is 1. The highest BCUT2D eigenvalue weighted by Gasteiger charge is 2.34. The number of carbonyl (C=O) groups is 1. The van der Waals surface area contributed by atoms with Gasteiger partial charge in [0, 0.05) is 11.7 Å². The Morgan fingerprint density at radius 3 is 2.92 bits per heavy atom. The van der Waals surface area contributed by atoms with E-state index in [1.54, 1.807) is 18.4 Å². The fourth-order valence-corrected chi connectivity index (χ4v) is 3.79. The number of thioether (sulfide) groups is 1. The smallest absolute Gasteiger partial charge is 0.284 e. The molecule has 4 rings (SSSR count). The highest BCUT2D eigenvalue weighted by molar-refractivity contribution is 8.00. The Labute approximate surface area is 149 Å². The first-order valence-electron chi connectivity index (χ1n) is 8.08. The van der Waals surface area contributed by atoms with Crippen molar-refractivity contribution in [1.29, 1.82) is 0 Å². The first-order valence-corrected chi connectivity index (χ1v) is 8.96. The normalized spacial score (nSPS) is 17.5. The summed E-state index contributed by atoms with van der Waals surface area (Å²) < 4.78 is 10.8. The number of hydrogen-bond acceptors (Lipinski definition) is 6. The Balaban J connectivity index is 1.50. The fraction of sp³-hybridized carbons (Fsp3) is 0.278. The summed E-state index contributed by atoms with van der Waals surface area (Å²) in [6, 6.07) is 11.7. The quantitative estimate of drug-likeness (QED) is 0.663. The molecule has 2 aromatic heterocycles. The van der Waals surface area contributed by atoms with Crippen LogP contribution in [0.25, 0.3) is 11.7 Å². The van der Waals surface area contributed by atoms with Gasteiger partial charge in [0.25, 0.3) is 11.1 Å². The van der Waals surface area contributed by atoms with Gasteiger partial charge in [-0.1, -0.05) is 30.0 Å². The van der Waals surface area contributed by atoms with Crippen LogP contribution in [0.3, 0.4) is 0 Å². The molecular weight excluding hydrogens is 338 g/mol. The molecule has 1 amide bonds. The number of aromatic nitrogens is 2. The summed E-state index contributed by atoms with van der Waals surface area (Å²) in [4.78, 5) is 14.8. The minimum Gasteiger partial charge on any atom is -0.459 e. The lowest BCUT2D eigenvalue weighted by Crippen LogP contribution is -2.40. The summed E-state index contributed by atoms with van der Waals surface area (Å²) in [5.74, 6) is 0.868. The van der Waals surface area contributed by atoms with Crippen LogP contribution < -0.4 is 4.90 Å². The van der Waals surface area contributed by atoms with Crippen LogP contribution in [-0.4, -0.2) is 27.4 Å². The molecule has 0 saturated heterocycles. The lowest BCUT2D eigenvalue weighted by atomic mass is 10.1. The molecule has 0 spiro atoms. The van der Waals surface area contributed by atoms with Gasteiger partial charge in [-0.15, -0.1) is 10.2 Å². The van der Waals surface area contributed by atoms with Crippen molar-refractivity contribution in [1.82, 2.24) is 10.2 Å². The first kappa shape index (κ1) is 16.0. The topological polar surface area (TPSA) is 72.4 Å². The second-order valence-corrected chi connectivity index (χ2v) is 7.29. The molecule has 25 heavy (non-hydrogen) atoms. The Kier molecular flexibility index (Phi) is 4.09. The second kappa shape index (κ2) is 6.40. The molecule has 0 N–H and O–H groups in total. The van der Waals surface area contributed by atoms with E-state index in [1.807, 2.05) is 30.0 Å². The third-order valence-electron chi connectivity index (χ3n) is 4.21. The summed E-state index contributed by atoms with van der Waals surface area (Å²) in [7, 11) is 0. The maximum atomic E-state index is 13.0. The van der Waals surface area contributed by atoms with E-state index in [1.165, 1.54) is 17.3 Å². The van der Waals surface area contributed by atoms with Crippen LogP contribution in [0.1, 0.15) is 19.4 Å². The Bertz CT molecular complexity index is 891. The maximum absolute atomic E-state index is 13.0. The van der Waals surface area contributed by atoms with E-state index >= 15 is 0 Å². The van der Waals surface area contributed by atoms with Gasteiger partial charge in [0.05, 0.1) is 11.5 Å². The van der Waals surface area contributed by atoms with Crippen LogP contribution >= 0.6 is 11.8 Å². The molecule has 3 aromatic rings. The minimum absolute atomic E-state index is 0.0419. The molecule has 0 saturated carbocycles. The molecule has 2 atom stereocenters. The first-order chi connectivity index (χ1) is 12.1. The predicted molar refractivity (Wildman–Crippen MR) is 94.4 cm³/mol. The summed E-state index contributed by atoms with van der Waals surface area (Å²) in [5.41, 5.74) is 2.20. The lowest BCUT2D eigenvalue weighted by Gasteiger charge is -2.25. The number of furan rings is 1. The number of fused-ring (bicyclic) bond motifs is 1. The molecule has 128 valence electrons. The Morgan fingerprint density at radius 1 is 1.28 bits per heavy atom. The number of para-hydroxylation sites is 1. The molecule has 1 aliphatic heterocycles. The van der Waals surface area contributed by atoms with Crippen LogP contribution in [0, 0.1) is 0 Å². The van der Waals surface area contributed by atoms with E-state index in [0.717, 1.165) is 12.1 Å². The van der Waals surface area contributed by atoms with Gasteiger partial charge in [0.1, 0.15) is 0 Å². The molecule has 0 aliphatic carbocycles. The monoisotopic (exact) mass is 355 g/mol. The number of benzene rings is 1. The van der Waals surface area contributed by atoms with Crippen molar-refractivity contribution in [3.8, 4) is 11.7 Å². The van der Waals surface area contributed by atoms with Gasteiger partial charge in [-0.05, 0) is 44.0 Å². The predicted octanol–water partition coefficient (Wildman–Crippen LogP) is 3.79. The van der Waals surface area contributed by atoms with Crippen LogP contribution in [0.4, 0.5) is 5.69 Å². The highest BCUT2D eigenvalue weighted by Crippen LogP contribution is 2.35. The van der Waals surface area contributed by atoms with Gasteiger partial charge in [0.2, 0.25) is 5.91 Å². The summed E-state index contributed by atoms with van der Waals surface area (Å²) in [6.07, 6.45) is 2.42. The Hall–Kier alpha value is -2.54. The van der Waals surface area contributed by atoms with E-state index in [2.05, 4.69) is 23.2 Å². The number of anilines is 1. The molecule has 0 unspecified atom stereocenters. The molecule has 0 fully saturated rings. The second-order valence-electron chi connectivity index (χ2n) is 6.00. The zero-order valence-electron chi connectivity index (χ0n) is 13.9. The van der Waals surface area contributed by atoms with Crippen molar-refractivity contribution in [3.05, 3.63) is 48.2 Å². The van der Waals surface area contributed by atoms with Crippen molar-refractivity contribution < 1.29 is 13.6 Å². The van der Waals surface area contributed by atoms with E-state index in [0.29, 0.717) is 16.9 Å². The number of nitrogens with zero attached hydrogens (tertiary/aromatic N) is 3.